The number of benzene rings is 1. The van der Waals surface area contributed by atoms with Gasteiger partial charge >= 0.3 is 6.09 Å². The molecule has 26 heavy (non-hydrogen) atoms. The van der Waals surface area contributed by atoms with Crippen molar-refractivity contribution in [2.24, 2.45) is 0 Å². The number of hydrogen-bond donors (Lipinski definition) is 4. The van der Waals surface area contributed by atoms with E-state index in [9.17, 15) is 22.8 Å². The average Bonchev–Trinajstić information content (AvgIpc) is 2.57. The highest BCUT2D eigenvalue weighted by atomic mass is 32.2. The average molecular weight is 387 g/mol. The van der Waals surface area contributed by atoms with Gasteiger partial charge in [-0.15, -0.1) is 0 Å². The summed E-state index contributed by atoms with van der Waals surface area (Å²) in [6, 6.07) is 8.03. The van der Waals surface area contributed by atoms with Crippen molar-refractivity contribution < 1.29 is 32.1 Å². The van der Waals surface area contributed by atoms with Crippen molar-refractivity contribution in [1.82, 2.24) is 16.0 Å². The largest absolute Gasteiger partial charge is 0.445 e. The number of alkyl carbamates (subject to hydrolysis) is 1. The Kier molecular flexibility index (Phi) is 8.52. The van der Waals surface area contributed by atoms with Crippen LogP contribution in [0, 0.1) is 0 Å². The van der Waals surface area contributed by atoms with Gasteiger partial charge in [0.2, 0.25) is 11.8 Å². The molecule has 0 spiro atoms. The summed E-state index contributed by atoms with van der Waals surface area (Å²) in [5.41, 5.74) is 0.794. The first-order valence-corrected chi connectivity index (χ1v) is 9.25. The third kappa shape index (κ3) is 9.59. The fourth-order valence-corrected chi connectivity index (χ4v) is 2.10. The molecular weight excluding hydrogens is 366 g/mol. The first-order valence-electron chi connectivity index (χ1n) is 7.64. The van der Waals surface area contributed by atoms with Gasteiger partial charge in [0.05, 0.1) is 5.75 Å². The Morgan fingerprint density at radius 2 is 1.81 bits per heavy atom. The van der Waals surface area contributed by atoms with Crippen LogP contribution in [0.15, 0.2) is 30.3 Å². The van der Waals surface area contributed by atoms with Crippen LogP contribution in [0.4, 0.5) is 4.79 Å². The number of amides is 3. The second kappa shape index (κ2) is 10.4. The van der Waals surface area contributed by atoms with E-state index >= 15 is 0 Å². The molecule has 0 aromatic heterocycles. The van der Waals surface area contributed by atoms with Crippen LogP contribution in [0.1, 0.15) is 12.5 Å². The maximum atomic E-state index is 11.7. The van der Waals surface area contributed by atoms with Crippen LogP contribution in [-0.4, -0.2) is 55.8 Å². The molecule has 0 radical (unpaired) electrons. The maximum Gasteiger partial charge on any atom is 0.407 e. The van der Waals surface area contributed by atoms with Crippen molar-refractivity contribution in [3.05, 3.63) is 35.9 Å². The van der Waals surface area contributed by atoms with Crippen LogP contribution in [0.3, 0.4) is 0 Å². The standard InChI is InChI=1S/C15H21N3O7S/c1-11(14(20)16-7-8-26(22,23)24)18-13(19)9-17-15(21)25-10-12-5-3-2-4-6-12/h2-6,11H,7-10H2,1H3,(H,16,20)(H,17,21)(H,18,19)(H,22,23,24)/t11-/m0/s1. The van der Waals surface area contributed by atoms with E-state index in [4.69, 9.17) is 9.29 Å². The lowest BCUT2D eigenvalue weighted by molar-refractivity contribution is -0.128. The summed E-state index contributed by atoms with van der Waals surface area (Å²) in [5, 5.41) is 6.81. The van der Waals surface area contributed by atoms with Gasteiger partial charge in [0.1, 0.15) is 19.2 Å². The number of ether oxygens (including phenoxy) is 1. The highest BCUT2D eigenvalue weighted by Gasteiger charge is 2.16. The normalized spacial score (nSPS) is 11.9. The lowest BCUT2D eigenvalue weighted by atomic mass is 10.2. The second-order valence-electron chi connectivity index (χ2n) is 5.28. The second-order valence-corrected chi connectivity index (χ2v) is 6.85. The summed E-state index contributed by atoms with van der Waals surface area (Å²) in [6.07, 6.45) is -0.783. The highest BCUT2D eigenvalue weighted by molar-refractivity contribution is 7.85. The molecule has 0 aliphatic rings. The molecule has 0 unspecified atom stereocenters. The molecule has 0 saturated carbocycles. The predicted molar refractivity (Wildman–Crippen MR) is 91.7 cm³/mol. The summed E-state index contributed by atoms with van der Waals surface area (Å²) < 4.78 is 34.5. The quantitative estimate of drug-likeness (QED) is 0.414. The van der Waals surface area contributed by atoms with E-state index in [1.54, 1.807) is 24.3 Å². The van der Waals surface area contributed by atoms with E-state index in [0.717, 1.165) is 5.56 Å². The molecule has 0 bridgehead atoms. The number of carbonyl (C=O) groups is 3. The molecule has 144 valence electrons. The Bertz CT molecular complexity index is 722. The molecule has 0 heterocycles. The molecule has 0 aliphatic carbocycles. The minimum atomic E-state index is -4.18. The van der Waals surface area contributed by atoms with Gasteiger partial charge in [-0.3, -0.25) is 14.1 Å². The van der Waals surface area contributed by atoms with E-state index in [1.165, 1.54) is 6.92 Å². The van der Waals surface area contributed by atoms with Crippen molar-refractivity contribution in [2.45, 2.75) is 19.6 Å². The Balaban J connectivity index is 2.23. The predicted octanol–water partition coefficient (Wildman–Crippen LogP) is -0.578. The first kappa shape index (κ1) is 21.4. The molecule has 1 aromatic carbocycles. The Labute approximate surface area is 151 Å². The fourth-order valence-electron chi connectivity index (χ4n) is 1.74. The summed E-state index contributed by atoms with van der Waals surface area (Å²) in [6.45, 7) is 0.757. The molecule has 0 saturated heterocycles. The molecule has 11 heteroatoms. The molecule has 3 amide bonds. The van der Waals surface area contributed by atoms with Crippen LogP contribution in [0.5, 0.6) is 0 Å². The van der Waals surface area contributed by atoms with Crippen molar-refractivity contribution in [1.29, 1.82) is 0 Å². The molecule has 1 rings (SSSR count). The van der Waals surface area contributed by atoms with E-state index in [1.807, 2.05) is 6.07 Å². The van der Waals surface area contributed by atoms with Gasteiger partial charge in [0.25, 0.3) is 10.1 Å². The molecular formula is C15H21N3O7S. The van der Waals surface area contributed by atoms with Gasteiger partial charge in [0, 0.05) is 6.54 Å². The van der Waals surface area contributed by atoms with Crippen molar-refractivity contribution in [3.8, 4) is 0 Å². The fraction of sp³-hybridized carbons (Fsp3) is 0.400. The zero-order chi connectivity index (χ0) is 19.6. The number of hydrogen-bond acceptors (Lipinski definition) is 6. The van der Waals surface area contributed by atoms with Crippen LogP contribution < -0.4 is 16.0 Å². The maximum absolute atomic E-state index is 11.7. The van der Waals surface area contributed by atoms with Gasteiger partial charge < -0.3 is 20.7 Å². The van der Waals surface area contributed by atoms with E-state index in [0.29, 0.717) is 0 Å². The third-order valence-electron chi connectivity index (χ3n) is 3.04. The zero-order valence-electron chi connectivity index (χ0n) is 14.1. The lowest BCUT2D eigenvalue weighted by Gasteiger charge is -2.14. The van der Waals surface area contributed by atoms with Gasteiger partial charge in [-0.2, -0.15) is 8.42 Å². The van der Waals surface area contributed by atoms with E-state index in [-0.39, 0.29) is 13.2 Å². The highest BCUT2D eigenvalue weighted by Crippen LogP contribution is 2.00. The molecule has 1 aromatic rings. The van der Waals surface area contributed by atoms with Gasteiger partial charge in [-0.1, -0.05) is 30.3 Å². The summed E-state index contributed by atoms with van der Waals surface area (Å²) in [4.78, 5) is 34.8. The minimum Gasteiger partial charge on any atom is -0.445 e. The monoisotopic (exact) mass is 387 g/mol. The lowest BCUT2D eigenvalue weighted by Crippen LogP contribution is -2.48. The number of nitrogens with one attached hydrogen (secondary N) is 3. The molecule has 10 nitrogen and oxygen atoms in total. The molecule has 4 N–H and O–H groups in total. The Hall–Kier alpha value is -2.66. The third-order valence-corrected chi connectivity index (χ3v) is 3.76. The Morgan fingerprint density at radius 1 is 1.15 bits per heavy atom. The first-order chi connectivity index (χ1) is 12.2. The Morgan fingerprint density at radius 3 is 2.42 bits per heavy atom. The van der Waals surface area contributed by atoms with Crippen LogP contribution >= 0.6 is 0 Å². The van der Waals surface area contributed by atoms with Crippen molar-refractivity contribution in [2.75, 3.05) is 18.8 Å². The van der Waals surface area contributed by atoms with Gasteiger partial charge in [-0.05, 0) is 12.5 Å². The van der Waals surface area contributed by atoms with Crippen LogP contribution in [-0.2, 0) is 31.1 Å². The minimum absolute atomic E-state index is 0.0564. The number of carbonyl (C=O) groups excluding carboxylic acids is 3. The summed E-state index contributed by atoms with van der Waals surface area (Å²) >= 11 is 0. The SMILES string of the molecule is C[C@H](NC(=O)CNC(=O)OCc1ccccc1)C(=O)NCCS(=O)(=O)O. The van der Waals surface area contributed by atoms with Gasteiger partial charge in [0.15, 0.2) is 0 Å². The van der Waals surface area contributed by atoms with Crippen molar-refractivity contribution >= 4 is 28.0 Å². The number of rotatable bonds is 9. The molecule has 0 fully saturated rings. The van der Waals surface area contributed by atoms with E-state index in [2.05, 4.69) is 16.0 Å². The molecule has 0 aliphatic heterocycles. The van der Waals surface area contributed by atoms with Gasteiger partial charge in [-0.25, -0.2) is 4.79 Å². The van der Waals surface area contributed by atoms with Crippen LogP contribution in [0.2, 0.25) is 0 Å². The topological polar surface area (TPSA) is 151 Å². The van der Waals surface area contributed by atoms with E-state index < -0.39 is 46.4 Å². The summed E-state index contributed by atoms with van der Waals surface area (Å²) in [7, 11) is -4.18. The summed E-state index contributed by atoms with van der Waals surface area (Å²) in [5.74, 6) is -1.89. The molecule has 1 atom stereocenters. The van der Waals surface area contributed by atoms with Crippen LogP contribution in [0.25, 0.3) is 0 Å². The van der Waals surface area contributed by atoms with Crippen molar-refractivity contribution in [3.63, 3.8) is 0 Å². The zero-order valence-corrected chi connectivity index (χ0v) is 14.9. The smallest absolute Gasteiger partial charge is 0.407 e.